The van der Waals surface area contributed by atoms with Gasteiger partial charge in [0, 0.05) is 19.3 Å². The third-order valence-electron chi connectivity index (χ3n) is 15.4. The van der Waals surface area contributed by atoms with E-state index in [9.17, 15) is 14.4 Å². The summed E-state index contributed by atoms with van der Waals surface area (Å²) in [6, 6.07) is 0. The van der Waals surface area contributed by atoms with Crippen LogP contribution in [0.1, 0.15) is 361 Å². The molecule has 0 fully saturated rings. The molecular formula is C74H132O6. The van der Waals surface area contributed by atoms with Gasteiger partial charge in [-0.25, -0.2) is 0 Å². The number of allylic oxidation sites excluding steroid dienone is 12. The smallest absolute Gasteiger partial charge is 0.306 e. The van der Waals surface area contributed by atoms with Crippen molar-refractivity contribution >= 4 is 17.9 Å². The quantitative estimate of drug-likeness (QED) is 0.0261. The molecule has 0 saturated heterocycles. The highest BCUT2D eigenvalue weighted by Crippen LogP contribution is 2.18. The van der Waals surface area contributed by atoms with E-state index in [1.54, 1.807) is 0 Å². The van der Waals surface area contributed by atoms with Crippen LogP contribution in [0.3, 0.4) is 0 Å². The summed E-state index contributed by atoms with van der Waals surface area (Å²) >= 11 is 0. The highest BCUT2D eigenvalue weighted by molar-refractivity contribution is 5.71. The molecule has 0 amide bonds. The molecule has 1 unspecified atom stereocenters. The van der Waals surface area contributed by atoms with Gasteiger partial charge >= 0.3 is 17.9 Å². The molecule has 0 N–H and O–H groups in total. The van der Waals surface area contributed by atoms with Crippen molar-refractivity contribution in [3.8, 4) is 0 Å². The van der Waals surface area contributed by atoms with Crippen LogP contribution >= 0.6 is 0 Å². The van der Waals surface area contributed by atoms with Gasteiger partial charge in [0.05, 0.1) is 0 Å². The molecule has 0 radical (unpaired) electrons. The standard InChI is InChI=1S/C74H132O6/c1-4-7-10-13-16-19-22-24-26-28-29-30-31-32-33-34-35-36-37-38-39-40-41-42-43-44-45-46-48-49-52-55-58-61-64-67-73(76)79-70-71(69-78-72(75)66-63-60-57-54-51-21-18-15-12-9-6-3)80-74(77)68-65-62-59-56-53-50-47-27-25-23-20-17-14-11-8-5-2/h7,10,16,19-20,23-24,26-27,29-30,47,71H,4-6,8-9,11-15,17-18,21-22,25,28,31-46,48-70H2,1-3H3/b10-7-,19-16-,23-20-,26-24-,30-29-,47-27-. The first kappa shape index (κ1) is 76.9. The molecule has 0 spiro atoms. The maximum absolute atomic E-state index is 12.9. The molecule has 80 heavy (non-hydrogen) atoms. The van der Waals surface area contributed by atoms with E-state index in [4.69, 9.17) is 14.2 Å². The molecule has 0 aromatic rings. The van der Waals surface area contributed by atoms with Crippen LogP contribution in [-0.4, -0.2) is 37.2 Å². The van der Waals surface area contributed by atoms with E-state index in [0.717, 1.165) is 109 Å². The monoisotopic (exact) mass is 1120 g/mol. The van der Waals surface area contributed by atoms with Crippen molar-refractivity contribution in [1.82, 2.24) is 0 Å². The number of ether oxygens (including phenoxy) is 3. The van der Waals surface area contributed by atoms with Gasteiger partial charge in [-0.1, -0.05) is 325 Å². The Labute approximate surface area is 497 Å². The lowest BCUT2D eigenvalue weighted by Crippen LogP contribution is -2.30. The van der Waals surface area contributed by atoms with E-state index in [-0.39, 0.29) is 31.1 Å². The number of unbranched alkanes of at least 4 members (excludes halogenated alkanes) is 41. The number of carbonyl (C=O) groups is 3. The molecule has 0 aliphatic carbocycles. The first-order valence-electron chi connectivity index (χ1n) is 34.9. The highest BCUT2D eigenvalue weighted by Gasteiger charge is 2.19. The Morgan fingerprint density at radius 1 is 0.263 bits per heavy atom. The zero-order chi connectivity index (χ0) is 57.8. The van der Waals surface area contributed by atoms with Gasteiger partial charge in [0.2, 0.25) is 0 Å². The van der Waals surface area contributed by atoms with E-state index in [1.807, 2.05) is 0 Å². The summed E-state index contributed by atoms with van der Waals surface area (Å²) in [5.74, 6) is -0.869. The Balaban J connectivity index is 4.06. The summed E-state index contributed by atoms with van der Waals surface area (Å²) in [5, 5.41) is 0. The van der Waals surface area contributed by atoms with Crippen molar-refractivity contribution in [1.29, 1.82) is 0 Å². The molecular weight excluding hydrogens is 985 g/mol. The molecule has 0 saturated carbocycles. The van der Waals surface area contributed by atoms with Crippen LogP contribution in [0.25, 0.3) is 0 Å². The van der Waals surface area contributed by atoms with Crippen molar-refractivity contribution in [2.45, 2.75) is 367 Å². The molecule has 0 aromatic heterocycles. The zero-order valence-electron chi connectivity index (χ0n) is 53.3. The largest absolute Gasteiger partial charge is 0.462 e. The average molecular weight is 1120 g/mol. The fraction of sp³-hybridized carbons (Fsp3) is 0.797. The predicted octanol–water partition coefficient (Wildman–Crippen LogP) is 24.1. The minimum atomic E-state index is -0.778. The number of carbonyl (C=O) groups excluding carboxylic acids is 3. The maximum atomic E-state index is 12.9. The number of esters is 3. The maximum Gasteiger partial charge on any atom is 0.306 e. The van der Waals surface area contributed by atoms with Crippen LogP contribution < -0.4 is 0 Å². The molecule has 1 atom stereocenters. The summed E-state index contributed by atoms with van der Waals surface area (Å²) in [5.41, 5.74) is 0. The van der Waals surface area contributed by atoms with Crippen molar-refractivity contribution in [3.05, 3.63) is 72.9 Å². The molecule has 0 aromatic carbocycles. The van der Waals surface area contributed by atoms with Crippen LogP contribution in [0.5, 0.6) is 0 Å². The summed E-state index contributed by atoms with van der Waals surface area (Å²) in [6.45, 7) is 6.54. The van der Waals surface area contributed by atoms with Gasteiger partial charge in [0.25, 0.3) is 0 Å². The van der Waals surface area contributed by atoms with Gasteiger partial charge in [0.1, 0.15) is 13.2 Å². The Morgan fingerprint density at radius 2 is 0.487 bits per heavy atom. The normalized spacial score (nSPS) is 12.5. The summed E-state index contributed by atoms with van der Waals surface area (Å²) in [7, 11) is 0. The second kappa shape index (κ2) is 68.3. The molecule has 464 valence electrons. The van der Waals surface area contributed by atoms with Gasteiger partial charge in [0.15, 0.2) is 6.10 Å². The summed E-state index contributed by atoms with van der Waals surface area (Å²) < 4.78 is 16.9. The van der Waals surface area contributed by atoms with Crippen molar-refractivity contribution < 1.29 is 28.6 Å². The van der Waals surface area contributed by atoms with E-state index in [2.05, 4.69) is 93.7 Å². The van der Waals surface area contributed by atoms with Gasteiger partial charge in [-0.15, -0.1) is 0 Å². The SMILES string of the molecule is CC/C=C\C/C=C\C/C=C\C/C=C\CCCCCCCCCCCCCCCCCCCCCCCCC(=O)OCC(COC(=O)CCCCCCCCCCCCC)OC(=O)CCCCCCC/C=C\C/C=C\CCCCCC. The Morgan fingerprint density at radius 3 is 0.775 bits per heavy atom. The van der Waals surface area contributed by atoms with Crippen LogP contribution in [0, 0.1) is 0 Å². The topological polar surface area (TPSA) is 78.9 Å². The lowest BCUT2D eigenvalue weighted by molar-refractivity contribution is -0.167. The number of hydrogen-bond acceptors (Lipinski definition) is 6. The number of rotatable bonds is 64. The minimum absolute atomic E-state index is 0.0749. The second-order valence-corrected chi connectivity index (χ2v) is 23.4. The predicted molar refractivity (Wildman–Crippen MR) is 348 cm³/mol. The van der Waals surface area contributed by atoms with E-state index >= 15 is 0 Å². The van der Waals surface area contributed by atoms with Crippen LogP contribution in [0.15, 0.2) is 72.9 Å². The molecule has 6 heteroatoms. The fourth-order valence-corrected chi connectivity index (χ4v) is 10.2. The molecule has 0 heterocycles. The van der Waals surface area contributed by atoms with Gasteiger partial charge in [-0.3, -0.25) is 14.4 Å². The van der Waals surface area contributed by atoms with Gasteiger partial charge < -0.3 is 14.2 Å². The summed E-state index contributed by atoms with van der Waals surface area (Å²) in [6.07, 6.45) is 89.5. The van der Waals surface area contributed by atoms with Crippen molar-refractivity contribution in [3.63, 3.8) is 0 Å². The lowest BCUT2D eigenvalue weighted by Gasteiger charge is -2.18. The minimum Gasteiger partial charge on any atom is -0.462 e. The first-order chi connectivity index (χ1) is 39.5. The summed E-state index contributed by atoms with van der Waals surface area (Å²) in [4.78, 5) is 38.3. The van der Waals surface area contributed by atoms with E-state index in [1.165, 1.54) is 212 Å². The van der Waals surface area contributed by atoms with Crippen LogP contribution in [0.4, 0.5) is 0 Å². The molecule has 6 nitrogen and oxygen atoms in total. The molecule has 0 rings (SSSR count). The van der Waals surface area contributed by atoms with Crippen molar-refractivity contribution in [2.75, 3.05) is 13.2 Å². The van der Waals surface area contributed by atoms with Gasteiger partial charge in [-0.05, 0) is 89.9 Å². The third-order valence-corrected chi connectivity index (χ3v) is 15.4. The van der Waals surface area contributed by atoms with Crippen LogP contribution in [0.2, 0.25) is 0 Å². The Bertz CT molecular complexity index is 1470. The highest BCUT2D eigenvalue weighted by atomic mass is 16.6. The molecule has 0 aliphatic rings. The lowest BCUT2D eigenvalue weighted by atomic mass is 10.0. The average Bonchev–Trinajstić information content (AvgIpc) is 3.46. The van der Waals surface area contributed by atoms with Crippen LogP contribution in [-0.2, 0) is 28.6 Å². The first-order valence-corrected chi connectivity index (χ1v) is 34.9. The molecule has 0 aliphatic heterocycles. The Kier molecular flexibility index (Phi) is 65.7. The fourth-order valence-electron chi connectivity index (χ4n) is 10.2. The molecule has 0 bridgehead atoms. The second-order valence-electron chi connectivity index (χ2n) is 23.4. The number of hydrogen-bond donors (Lipinski definition) is 0. The third kappa shape index (κ3) is 65.7. The zero-order valence-corrected chi connectivity index (χ0v) is 53.3. The van der Waals surface area contributed by atoms with E-state index < -0.39 is 6.10 Å². The Hall–Kier alpha value is -3.15. The van der Waals surface area contributed by atoms with Crippen molar-refractivity contribution in [2.24, 2.45) is 0 Å². The van der Waals surface area contributed by atoms with Gasteiger partial charge in [-0.2, -0.15) is 0 Å². The van der Waals surface area contributed by atoms with E-state index in [0.29, 0.717) is 19.3 Å².